The average Bonchev–Trinajstić information content (AvgIpc) is 3.12. The molecule has 3 rings (SSSR count). The third-order valence-corrected chi connectivity index (χ3v) is 3.92. The number of aromatic nitrogens is 2. The minimum atomic E-state index is -0.268. The number of hydrazone groups is 1. The molecule has 5 nitrogen and oxygen atoms in total. The summed E-state index contributed by atoms with van der Waals surface area (Å²) in [6, 6.07) is 11.4. The zero-order chi connectivity index (χ0) is 13.9. The largest absolute Gasteiger partial charge is 0.357 e. The van der Waals surface area contributed by atoms with Gasteiger partial charge in [-0.25, -0.2) is 10.4 Å². The zero-order valence-electron chi connectivity index (χ0n) is 10.8. The minimum Gasteiger partial charge on any atom is -0.357 e. The molecule has 0 atom stereocenters. The molecule has 0 aliphatic rings. The summed E-state index contributed by atoms with van der Waals surface area (Å²) in [6.07, 6.45) is 1.69. The number of thiazole rings is 1. The molecule has 2 heterocycles. The molecule has 0 fully saturated rings. The molecule has 0 unspecified atom stereocenters. The van der Waals surface area contributed by atoms with Crippen LogP contribution in [0.1, 0.15) is 22.4 Å². The molecule has 2 N–H and O–H groups in total. The lowest BCUT2D eigenvalue weighted by Gasteiger charge is -1.98. The fourth-order valence-electron chi connectivity index (χ4n) is 1.74. The van der Waals surface area contributed by atoms with Gasteiger partial charge in [0.15, 0.2) is 0 Å². The topological polar surface area (TPSA) is 70.1 Å². The van der Waals surface area contributed by atoms with Crippen molar-refractivity contribution >= 4 is 33.2 Å². The highest BCUT2D eigenvalue weighted by atomic mass is 32.1. The number of amides is 1. The number of rotatable bonds is 3. The van der Waals surface area contributed by atoms with Crippen molar-refractivity contribution < 1.29 is 4.79 Å². The molecule has 0 aliphatic carbocycles. The normalized spacial score (nSPS) is 11.8. The highest BCUT2D eigenvalue weighted by Gasteiger charge is 2.08. The van der Waals surface area contributed by atoms with Crippen LogP contribution in [0, 0.1) is 0 Å². The van der Waals surface area contributed by atoms with E-state index < -0.39 is 0 Å². The van der Waals surface area contributed by atoms with Crippen molar-refractivity contribution in [2.75, 3.05) is 0 Å². The second-order valence-electron chi connectivity index (χ2n) is 4.21. The Labute approximate surface area is 119 Å². The molecule has 1 aromatic carbocycles. The van der Waals surface area contributed by atoms with Crippen LogP contribution >= 0.6 is 11.3 Å². The van der Waals surface area contributed by atoms with Gasteiger partial charge in [0.1, 0.15) is 10.7 Å². The predicted octanol–water partition coefficient (Wildman–Crippen LogP) is 2.78. The van der Waals surface area contributed by atoms with Crippen LogP contribution in [0.2, 0.25) is 0 Å². The van der Waals surface area contributed by atoms with Crippen molar-refractivity contribution in [3.8, 4) is 0 Å². The molecule has 0 radical (unpaired) electrons. The van der Waals surface area contributed by atoms with Gasteiger partial charge >= 0.3 is 0 Å². The maximum absolute atomic E-state index is 11.7. The number of fused-ring (bicyclic) bond motifs is 1. The van der Waals surface area contributed by atoms with Crippen molar-refractivity contribution in [2.24, 2.45) is 5.10 Å². The van der Waals surface area contributed by atoms with Gasteiger partial charge in [0.2, 0.25) is 0 Å². The molecule has 0 spiro atoms. The maximum atomic E-state index is 11.7. The molecule has 0 aliphatic heterocycles. The molecule has 1 amide bonds. The van der Waals surface area contributed by atoms with E-state index in [1.807, 2.05) is 31.2 Å². The standard InChI is InChI=1S/C14H12N4OS/c1-9(17-18-13(19)11-6-4-8-15-11)14-16-10-5-2-3-7-12(10)20-14/h2-8,15H,1H3,(H,18,19)/b17-9-. The monoisotopic (exact) mass is 284 g/mol. The van der Waals surface area contributed by atoms with Crippen molar-refractivity contribution in [3.05, 3.63) is 53.3 Å². The van der Waals surface area contributed by atoms with Gasteiger partial charge in [0, 0.05) is 6.20 Å². The van der Waals surface area contributed by atoms with E-state index in [2.05, 4.69) is 20.5 Å². The van der Waals surface area contributed by atoms with Crippen LogP contribution in [0.4, 0.5) is 0 Å². The van der Waals surface area contributed by atoms with Crippen LogP contribution in [0.3, 0.4) is 0 Å². The van der Waals surface area contributed by atoms with Gasteiger partial charge in [-0.05, 0) is 31.2 Å². The summed E-state index contributed by atoms with van der Waals surface area (Å²) in [4.78, 5) is 19.1. The molecule has 0 bridgehead atoms. The highest BCUT2D eigenvalue weighted by Crippen LogP contribution is 2.21. The molecule has 2 aromatic heterocycles. The number of aromatic amines is 1. The van der Waals surface area contributed by atoms with Gasteiger partial charge in [-0.3, -0.25) is 4.79 Å². The molecule has 100 valence electrons. The van der Waals surface area contributed by atoms with Crippen LogP contribution in [0.25, 0.3) is 10.2 Å². The Bertz CT molecular complexity index is 740. The molecular weight excluding hydrogens is 272 g/mol. The molecule has 20 heavy (non-hydrogen) atoms. The van der Waals surface area contributed by atoms with E-state index in [-0.39, 0.29) is 5.91 Å². The maximum Gasteiger partial charge on any atom is 0.287 e. The van der Waals surface area contributed by atoms with Crippen LogP contribution < -0.4 is 5.43 Å². The van der Waals surface area contributed by atoms with Crippen LogP contribution in [0.5, 0.6) is 0 Å². The molecule has 0 saturated carbocycles. The lowest BCUT2D eigenvalue weighted by atomic mass is 10.3. The van der Waals surface area contributed by atoms with E-state index in [1.165, 1.54) is 0 Å². The number of para-hydroxylation sites is 1. The molecule has 0 saturated heterocycles. The first-order chi connectivity index (χ1) is 9.74. The number of carbonyl (C=O) groups excluding carboxylic acids is 1. The first-order valence-electron chi connectivity index (χ1n) is 6.08. The van der Waals surface area contributed by atoms with E-state index in [0.29, 0.717) is 11.4 Å². The number of carbonyl (C=O) groups is 1. The second-order valence-corrected chi connectivity index (χ2v) is 5.24. The molecular formula is C14H12N4OS. The number of nitrogens with one attached hydrogen (secondary N) is 2. The summed E-state index contributed by atoms with van der Waals surface area (Å²) in [5.74, 6) is -0.268. The minimum absolute atomic E-state index is 0.268. The number of nitrogens with zero attached hydrogens (tertiary/aromatic N) is 2. The lowest BCUT2D eigenvalue weighted by molar-refractivity contribution is 0.0950. The van der Waals surface area contributed by atoms with Crippen molar-refractivity contribution in [1.29, 1.82) is 0 Å². The van der Waals surface area contributed by atoms with Crippen LogP contribution in [0.15, 0.2) is 47.7 Å². The Hall–Kier alpha value is -2.47. The Morgan fingerprint density at radius 3 is 2.90 bits per heavy atom. The van der Waals surface area contributed by atoms with Crippen molar-refractivity contribution in [2.45, 2.75) is 6.92 Å². The lowest BCUT2D eigenvalue weighted by Crippen LogP contribution is -2.19. The SMILES string of the molecule is C/C(=N/NC(=O)c1ccc[nH]1)c1nc2ccccc2s1. The molecule has 6 heteroatoms. The first kappa shape index (κ1) is 12.6. The number of H-pyrrole nitrogens is 1. The predicted molar refractivity (Wildman–Crippen MR) is 80.1 cm³/mol. The summed E-state index contributed by atoms with van der Waals surface area (Å²) >= 11 is 1.55. The Balaban J connectivity index is 1.79. The van der Waals surface area contributed by atoms with E-state index in [4.69, 9.17) is 0 Å². The van der Waals surface area contributed by atoms with E-state index >= 15 is 0 Å². The zero-order valence-corrected chi connectivity index (χ0v) is 11.6. The van der Waals surface area contributed by atoms with Gasteiger partial charge in [0.25, 0.3) is 5.91 Å². The second kappa shape index (κ2) is 5.26. The Kier molecular flexibility index (Phi) is 3.30. The summed E-state index contributed by atoms with van der Waals surface area (Å²) in [7, 11) is 0. The summed E-state index contributed by atoms with van der Waals surface area (Å²) in [6.45, 7) is 1.83. The third kappa shape index (κ3) is 2.46. The van der Waals surface area contributed by atoms with Crippen molar-refractivity contribution in [1.82, 2.24) is 15.4 Å². The quantitative estimate of drug-likeness (QED) is 0.573. The highest BCUT2D eigenvalue weighted by molar-refractivity contribution is 7.20. The van der Waals surface area contributed by atoms with Gasteiger partial charge < -0.3 is 4.98 Å². The van der Waals surface area contributed by atoms with Crippen molar-refractivity contribution in [3.63, 3.8) is 0 Å². The fourth-order valence-corrected chi connectivity index (χ4v) is 2.65. The Morgan fingerprint density at radius 2 is 2.15 bits per heavy atom. The number of benzene rings is 1. The van der Waals surface area contributed by atoms with Crippen LogP contribution in [-0.2, 0) is 0 Å². The molecule has 3 aromatic rings. The number of hydrogen-bond acceptors (Lipinski definition) is 4. The fraction of sp³-hybridized carbons (Fsp3) is 0.0714. The van der Waals surface area contributed by atoms with E-state index in [9.17, 15) is 4.79 Å². The van der Waals surface area contributed by atoms with Gasteiger partial charge in [-0.1, -0.05) is 12.1 Å². The smallest absolute Gasteiger partial charge is 0.287 e. The van der Waals surface area contributed by atoms with Gasteiger partial charge in [-0.2, -0.15) is 5.10 Å². The third-order valence-electron chi connectivity index (χ3n) is 2.77. The first-order valence-corrected chi connectivity index (χ1v) is 6.89. The Morgan fingerprint density at radius 1 is 1.30 bits per heavy atom. The van der Waals surface area contributed by atoms with Gasteiger partial charge in [-0.15, -0.1) is 11.3 Å². The summed E-state index contributed by atoms with van der Waals surface area (Å²) < 4.78 is 1.10. The summed E-state index contributed by atoms with van der Waals surface area (Å²) in [5, 5.41) is 4.89. The van der Waals surface area contributed by atoms with Crippen LogP contribution in [-0.4, -0.2) is 21.6 Å². The number of hydrogen-bond donors (Lipinski definition) is 2. The average molecular weight is 284 g/mol. The summed E-state index contributed by atoms with van der Waals surface area (Å²) in [5.41, 5.74) is 4.62. The van der Waals surface area contributed by atoms with E-state index in [0.717, 1.165) is 15.2 Å². The van der Waals surface area contributed by atoms with E-state index in [1.54, 1.807) is 29.7 Å². The van der Waals surface area contributed by atoms with Gasteiger partial charge in [0.05, 0.1) is 15.9 Å².